The van der Waals surface area contributed by atoms with Crippen LogP contribution in [0.3, 0.4) is 0 Å². The Kier molecular flexibility index (Phi) is 5.02. The molecule has 22 heavy (non-hydrogen) atoms. The highest BCUT2D eigenvalue weighted by Crippen LogP contribution is 2.22. The number of ketones is 1. The summed E-state index contributed by atoms with van der Waals surface area (Å²) in [5.41, 5.74) is 6.06. The fourth-order valence-electron chi connectivity index (χ4n) is 3.09. The predicted molar refractivity (Wildman–Crippen MR) is 94.1 cm³/mol. The Labute approximate surface area is 133 Å². The predicted octanol–water partition coefficient (Wildman–Crippen LogP) is 4.69. The molecule has 0 unspecified atom stereocenters. The van der Waals surface area contributed by atoms with E-state index in [0.717, 1.165) is 35.3 Å². The lowest BCUT2D eigenvalue weighted by molar-refractivity contribution is 0.103. The van der Waals surface area contributed by atoms with Crippen LogP contribution in [0.1, 0.15) is 46.5 Å². The summed E-state index contributed by atoms with van der Waals surface area (Å²) in [4.78, 5) is 15.1. The molecular formula is C20H25NO. The van der Waals surface area contributed by atoms with E-state index in [1.807, 2.05) is 38.1 Å². The minimum atomic E-state index is 0.112. The third kappa shape index (κ3) is 3.22. The van der Waals surface area contributed by atoms with Gasteiger partial charge in [0, 0.05) is 29.9 Å². The number of carbonyl (C=O) groups is 1. The molecule has 2 aromatic carbocycles. The topological polar surface area (TPSA) is 20.3 Å². The third-order valence-electron chi connectivity index (χ3n) is 4.16. The molecule has 2 rings (SSSR count). The van der Waals surface area contributed by atoms with E-state index in [1.165, 1.54) is 11.3 Å². The Bertz CT molecular complexity index is 644. The summed E-state index contributed by atoms with van der Waals surface area (Å²) in [6.45, 7) is 12.3. The Morgan fingerprint density at radius 1 is 0.909 bits per heavy atom. The quantitative estimate of drug-likeness (QED) is 0.746. The second-order valence-corrected chi connectivity index (χ2v) is 5.82. The van der Waals surface area contributed by atoms with Crippen LogP contribution in [0.4, 0.5) is 5.69 Å². The maximum absolute atomic E-state index is 12.8. The van der Waals surface area contributed by atoms with Gasteiger partial charge in [-0.2, -0.15) is 0 Å². The molecule has 2 nitrogen and oxygen atoms in total. The Morgan fingerprint density at radius 2 is 1.41 bits per heavy atom. The van der Waals surface area contributed by atoms with Crippen molar-refractivity contribution in [3.63, 3.8) is 0 Å². The summed E-state index contributed by atoms with van der Waals surface area (Å²) in [5, 5.41) is 0. The van der Waals surface area contributed by atoms with Crippen LogP contribution in [0, 0.1) is 20.8 Å². The number of carbonyl (C=O) groups excluding carboxylic acids is 1. The molecule has 0 aromatic heterocycles. The smallest absolute Gasteiger partial charge is 0.193 e. The maximum atomic E-state index is 12.8. The normalized spacial score (nSPS) is 10.6. The molecule has 0 radical (unpaired) electrons. The molecule has 2 heteroatoms. The summed E-state index contributed by atoms with van der Waals surface area (Å²) in [7, 11) is 0. The first-order valence-corrected chi connectivity index (χ1v) is 7.95. The van der Waals surface area contributed by atoms with Gasteiger partial charge in [-0.3, -0.25) is 4.79 Å². The number of nitrogens with zero attached hydrogens (tertiary/aromatic N) is 1. The Balaban J connectivity index is 2.35. The van der Waals surface area contributed by atoms with Crippen molar-refractivity contribution < 1.29 is 4.79 Å². The first-order chi connectivity index (χ1) is 10.5. The highest BCUT2D eigenvalue weighted by Gasteiger charge is 2.15. The molecule has 0 N–H and O–H groups in total. The Morgan fingerprint density at radius 3 is 1.86 bits per heavy atom. The number of anilines is 1. The van der Waals surface area contributed by atoms with Crippen molar-refractivity contribution in [3.05, 3.63) is 64.2 Å². The largest absolute Gasteiger partial charge is 0.372 e. The number of hydrogen-bond donors (Lipinski definition) is 0. The van der Waals surface area contributed by atoms with Gasteiger partial charge in [0.05, 0.1) is 0 Å². The summed E-state index contributed by atoms with van der Waals surface area (Å²) >= 11 is 0. The molecule has 0 spiro atoms. The monoisotopic (exact) mass is 295 g/mol. The van der Waals surface area contributed by atoms with E-state index in [4.69, 9.17) is 0 Å². The minimum Gasteiger partial charge on any atom is -0.372 e. The molecule has 0 saturated carbocycles. The van der Waals surface area contributed by atoms with E-state index in [0.29, 0.717) is 0 Å². The molecule has 0 atom stereocenters. The molecular weight excluding hydrogens is 270 g/mol. The van der Waals surface area contributed by atoms with Crippen molar-refractivity contribution in [2.45, 2.75) is 34.6 Å². The molecule has 116 valence electrons. The van der Waals surface area contributed by atoms with Gasteiger partial charge >= 0.3 is 0 Å². The number of aryl methyl sites for hydroxylation is 3. The Hall–Kier alpha value is -2.09. The standard InChI is InChI=1S/C20H25NO/c1-6-21(7-2)18-10-8-17(9-11-18)20(22)19-15(4)12-14(3)13-16(19)5/h8-13H,6-7H2,1-5H3. The van der Waals surface area contributed by atoms with Gasteiger partial charge in [0.15, 0.2) is 5.78 Å². The second-order valence-electron chi connectivity index (χ2n) is 5.82. The van der Waals surface area contributed by atoms with Crippen molar-refractivity contribution in [1.29, 1.82) is 0 Å². The minimum absolute atomic E-state index is 0.112. The fourth-order valence-corrected chi connectivity index (χ4v) is 3.09. The zero-order valence-corrected chi connectivity index (χ0v) is 14.2. The summed E-state index contributed by atoms with van der Waals surface area (Å²) in [6.07, 6.45) is 0. The van der Waals surface area contributed by atoms with Crippen molar-refractivity contribution in [2.75, 3.05) is 18.0 Å². The van der Waals surface area contributed by atoms with Crippen molar-refractivity contribution >= 4 is 11.5 Å². The van der Waals surface area contributed by atoms with Crippen LogP contribution in [0.25, 0.3) is 0 Å². The number of rotatable bonds is 5. The molecule has 0 heterocycles. The van der Waals surface area contributed by atoms with Crippen LogP contribution < -0.4 is 4.90 Å². The highest BCUT2D eigenvalue weighted by molar-refractivity contribution is 6.11. The van der Waals surface area contributed by atoms with Gasteiger partial charge < -0.3 is 4.90 Å². The van der Waals surface area contributed by atoms with E-state index in [9.17, 15) is 4.79 Å². The lowest BCUT2D eigenvalue weighted by atomic mass is 9.93. The lowest BCUT2D eigenvalue weighted by Crippen LogP contribution is -2.21. The number of hydrogen-bond acceptors (Lipinski definition) is 2. The van der Waals surface area contributed by atoms with Crippen LogP contribution >= 0.6 is 0 Å². The first kappa shape index (κ1) is 16.3. The molecule has 0 aliphatic carbocycles. The van der Waals surface area contributed by atoms with E-state index < -0.39 is 0 Å². The molecule has 0 amide bonds. The number of benzene rings is 2. The molecule has 0 aliphatic rings. The van der Waals surface area contributed by atoms with Crippen LogP contribution in [0.5, 0.6) is 0 Å². The lowest BCUT2D eigenvalue weighted by Gasteiger charge is -2.21. The van der Waals surface area contributed by atoms with Crippen LogP contribution in [0.2, 0.25) is 0 Å². The second kappa shape index (κ2) is 6.78. The van der Waals surface area contributed by atoms with Gasteiger partial charge in [0.25, 0.3) is 0 Å². The van der Waals surface area contributed by atoms with Crippen LogP contribution in [0.15, 0.2) is 36.4 Å². The first-order valence-electron chi connectivity index (χ1n) is 7.95. The molecule has 2 aromatic rings. The van der Waals surface area contributed by atoms with Gasteiger partial charge in [-0.1, -0.05) is 17.7 Å². The van der Waals surface area contributed by atoms with E-state index >= 15 is 0 Å². The average Bonchev–Trinajstić information content (AvgIpc) is 2.48. The van der Waals surface area contributed by atoms with Gasteiger partial charge in [0.1, 0.15) is 0 Å². The van der Waals surface area contributed by atoms with E-state index in [2.05, 4.69) is 37.8 Å². The van der Waals surface area contributed by atoms with Gasteiger partial charge in [0.2, 0.25) is 0 Å². The van der Waals surface area contributed by atoms with Gasteiger partial charge in [-0.25, -0.2) is 0 Å². The fraction of sp³-hybridized carbons (Fsp3) is 0.350. The SMILES string of the molecule is CCN(CC)c1ccc(C(=O)c2c(C)cc(C)cc2C)cc1. The highest BCUT2D eigenvalue weighted by atomic mass is 16.1. The van der Waals surface area contributed by atoms with Gasteiger partial charge in [-0.15, -0.1) is 0 Å². The van der Waals surface area contributed by atoms with Gasteiger partial charge in [-0.05, 0) is 70.0 Å². The van der Waals surface area contributed by atoms with E-state index in [1.54, 1.807) is 0 Å². The van der Waals surface area contributed by atoms with Crippen molar-refractivity contribution in [1.82, 2.24) is 0 Å². The van der Waals surface area contributed by atoms with Crippen LogP contribution in [-0.4, -0.2) is 18.9 Å². The zero-order chi connectivity index (χ0) is 16.3. The van der Waals surface area contributed by atoms with Crippen molar-refractivity contribution in [2.24, 2.45) is 0 Å². The maximum Gasteiger partial charge on any atom is 0.193 e. The summed E-state index contributed by atoms with van der Waals surface area (Å²) < 4.78 is 0. The molecule has 0 saturated heterocycles. The van der Waals surface area contributed by atoms with Crippen LogP contribution in [-0.2, 0) is 0 Å². The molecule has 0 fully saturated rings. The zero-order valence-electron chi connectivity index (χ0n) is 14.2. The van der Waals surface area contributed by atoms with E-state index in [-0.39, 0.29) is 5.78 Å². The third-order valence-corrected chi connectivity index (χ3v) is 4.16. The molecule has 0 bridgehead atoms. The molecule has 0 aliphatic heterocycles. The summed E-state index contributed by atoms with van der Waals surface area (Å²) in [5.74, 6) is 0.112. The average molecular weight is 295 g/mol. The van der Waals surface area contributed by atoms with Crippen molar-refractivity contribution in [3.8, 4) is 0 Å². The summed E-state index contributed by atoms with van der Waals surface area (Å²) in [6, 6.07) is 12.1.